The molecular formula is C22H24N2O2S. The molecule has 2 N–H and O–H groups in total. The average molecular weight is 381 g/mol. The molecule has 27 heavy (non-hydrogen) atoms. The Morgan fingerprint density at radius 1 is 1.22 bits per heavy atom. The highest BCUT2D eigenvalue weighted by molar-refractivity contribution is 7.10. The van der Waals surface area contributed by atoms with Crippen LogP contribution in [0.1, 0.15) is 49.5 Å². The maximum Gasteiger partial charge on any atom is 0.248 e. The summed E-state index contributed by atoms with van der Waals surface area (Å²) in [6, 6.07) is 11.6. The molecule has 0 atom stereocenters. The highest BCUT2D eigenvalue weighted by atomic mass is 32.1. The van der Waals surface area contributed by atoms with Crippen molar-refractivity contribution in [3.63, 3.8) is 0 Å². The number of pyridine rings is 1. The topological polar surface area (TPSA) is 62.0 Å². The number of hydrogen-bond donors (Lipinski definition) is 2. The molecule has 4 rings (SSSR count). The molecule has 2 aromatic heterocycles. The van der Waals surface area contributed by atoms with Crippen LogP contribution in [0.15, 0.2) is 46.6 Å². The van der Waals surface area contributed by atoms with E-state index < -0.39 is 5.41 Å². The van der Waals surface area contributed by atoms with E-state index >= 15 is 0 Å². The standard InChI is InChI=1S/C22H24N2O2S/c1-2-6-15-13-20(25)24-18-14-16(8-9-17(15)18)23-21(26)22(10-3-4-11-22)19-7-5-12-27-19/h5,7-9,12-14H,2-4,6,10-11H2,1H3,(H,23,26)(H,24,25). The Kier molecular flexibility index (Phi) is 4.87. The van der Waals surface area contributed by atoms with Crippen LogP contribution < -0.4 is 10.9 Å². The number of H-pyrrole nitrogens is 1. The maximum absolute atomic E-state index is 13.2. The molecule has 140 valence electrons. The molecule has 1 amide bonds. The molecule has 1 saturated carbocycles. The molecule has 4 nitrogen and oxygen atoms in total. The Labute approximate surface area is 162 Å². The van der Waals surface area contributed by atoms with Crippen LogP contribution in [-0.4, -0.2) is 10.9 Å². The number of anilines is 1. The van der Waals surface area contributed by atoms with Gasteiger partial charge in [0.15, 0.2) is 0 Å². The fraction of sp³-hybridized carbons (Fsp3) is 0.364. The van der Waals surface area contributed by atoms with Crippen molar-refractivity contribution >= 4 is 33.8 Å². The minimum absolute atomic E-state index is 0.0638. The molecule has 1 fully saturated rings. The van der Waals surface area contributed by atoms with E-state index in [2.05, 4.69) is 23.3 Å². The van der Waals surface area contributed by atoms with E-state index in [-0.39, 0.29) is 11.5 Å². The second-order valence-corrected chi connectivity index (χ2v) is 8.34. The number of carbonyl (C=O) groups excluding carboxylic acids is 1. The number of rotatable bonds is 5. The van der Waals surface area contributed by atoms with E-state index in [9.17, 15) is 9.59 Å². The highest BCUT2D eigenvalue weighted by Crippen LogP contribution is 2.44. The van der Waals surface area contributed by atoms with Crippen LogP contribution in [0.3, 0.4) is 0 Å². The van der Waals surface area contributed by atoms with E-state index in [0.717, 1.165) is 65.6 Å². The molecule has 0 unspecified atom stereocenters. The van der Waals surface area contributed by atoms with Gasteiger partial charge in [-0.3, -0.25) is 9.59 Å². The molecule has 5 heteroatoms. The van der Waals surface area contributed by atoms with Gasteiger partial charge in [-0.15, -0.1) is 11.3 Å². The predicted octanol–water partition coefficient (Wildman–Crippen LogP) is 4.99. The van der Waals surface area contributed by atoms with Crippen molar-refractivity contribution < 1.29 is 4.79 Å². The first-order chi connectivity index (χ1) is 13.1. The van der Waals surface area contributed by atoms with Crippen molar-refractivity contribution in [2.24, 2.45) is 0 Å². The maximum atomic E-state index is 13.2. The van der Waals surface area contributed by atoms with Crippen molar-refractivity contribution in [3.05, 3.63) is 62.6 Å². The van der Waals surface area contributed by atoms with Crippen molar-refractivity contribution in [2.75, 3.05) is 5.32 Å². The van der Waals surface area contributed by atoms with Crippen LogP contribution >= 0.6 is 11.3 Å². The summed E-state index contributed by atoms with van der Waals surface area (Å²) in [4.78, 5) is 29.3. The molecule has 2 heterocycles. The fourth-order valence-corrected chi connectivity index (χ4v) is 5.24. The van der Waals surface area contributed by atoms with E-state index in [0.29, 0.717) is 0 Å². The van der Waals surface area contributed by atoms with Gasteiger partial charge >= 0.3 is 0 Å². The zero-order valence-electron chi connectivity index (χ0n) is 15.5. The summed E-state index contributed by atoms with van der Waals surface area (Å²) < 4.78 is 0. The number of aromatic nitrogens is 1. The van der Waals surface area contributed by atoms with Gasteiger partial charge in [0, 0.05) is 22.0 Å². The fourth-order valence-electron chi connectivity index (χ4n) is 4.25. The quantitative estimate of drug-likeness (QED) is 0.655. The Morgan fingerprint density at radius 2 is 2.04 bits per heavy atom. The van der Waals surface area contributed by atoms with Crippen LogP contribution in [0.25, 0.3) is 10.9 Å². The number of aryl methyl sites for hydroxylation is 1. The molecule has 1 aliphatic carbocycles. The number of amides is 1. The van der Waals surface area contributed by atoms with Gasteiger partial charge in [0.25, 0.3) is 0 Å². The molecule has 1 aromatic carbocycles. The summed E-state index contributed by atoms with van der Waals surface area (Å²) in [5.74, 6) is 0.0638. The van der Waals surface area contributed by atoms with E-state index in [4.69, 9.17) is 0 Å². The second kappa shape index (κ2) is 7.31. The first-order valence-electron chi connectivity index (χ1n) is 9.64. The number of hydrogen-bond acceptors (Lipinski definition) is 3. The van der Waals surface area contributed by atoms with Gasteiger partial charge < -0.3 is 10.3 Å². The van der Waals surface area contributed by atoms with Crippen LogP contribution in [0, 0.1) is 0 Å². The highest BCUT2D eigenvalue weighted by Gasteiger charge is 2.43. The third-order valence-electron chi connectivity index (χ3n) is 5.59. The Bertz CT molecular complexity index is 1010. The van der Waals surface area contributed by atoms with Crippen molar-refractivity contribution in [1.82, 2.24) is 4.98 Å². The van der Waals surface area contributed by atoms with Gasteiger partial charge in [-0.1, -0.05) is 38.3 Å². The van der Waals surface area contributed by atoms with E-state index in [1.165, 1.54) is 0 Å². The Balaban J connectivity index is 1.67. The van der Waals surface area contributed by atoms with Gasteiger partial charge in [0.1, 0.15) is 0 Å². The molecule has 0 bridgehead atoms. The molecule has 3 aromatic rings. The smallest absolute Gasteiger partial charge is 0.248 e. The number of aromatic amines is 1. The van der Waals surface area contributed by atoms with Gasteiger partial charge in [0.05, 0.1) is 10.9 Å². The third-order valence-corrected chi connectivity index (χ3v) is 6.66. The van der Waals surface area contributed by atoms with Crippen molar-refractivity contribution in [2.45, 2.75) is 50.9 Å². The number of nitrogens with one attached hydrogen (secondary N) is 2. The second-order valence-electron chi connectivity index (χ2n) is 7.39. The molecule has 0 spiro atoms. The summed E-state index contributed by atoms with van der Waals surface area (Å²) in [5.41, 5.74) is 2.06. The number of benzene rings is 1. The zero-order chi connectivity index (χ0) is 18.9. The largest absolute Gasteiger partial charge is 0.325 e. The molecule has 1 aliphatic rings. The number of thiophene rings is 1. The van der Waals surface area contributed by atoms with Crippen LogP contribution in [0.2, 0.25) is 0 Å². The average Bonchev–Trinajstić information content (AvgIpc) is 3.34. The normalized spacial score (nSPS) is 15.9. The Hall–Kier alpha value is -2.40. The molecule has 0 saturated heterocycles. The predicted molar refractivity (Wildman–Crippen MR) is 112 cm³/mol. The van der Waals surface area contributed by atoms with Gasteiger partial charge in [0.2, 0.25) is 11.5 Å². The lowest BCUT2D eigenvalue weighted by Crippen LogP contribution is -2.37. The van der Waals surface area contributed by atoms with Gasteiger partial charge in [-0.25, -0.2) is 0 Å². The summed E-state index contributed by atoms with van der Waals surface area (Å²) in [6.07, 6.45) is 5.80. The van der Waals surface area contributed by atoms with Crippen molar-refractivity contribution in [1.29, 1.82) is 0 Å². The van der Waals surface area contributed by atoms with E-state index in [1.54, 1.807) is 17.4 Å². The van der Waals surface area contributed by atoms with Crippen molar-refractivity contribution in [3.8, 4) is 0 Å². The van der Waals surface area contributed by atoms with Crippen LogP contribution in [0.4, 0.5) is 5.69 Å². The third kappa shape index (κ3) is 3.32. The first-order valence-corrected chi connectivity index (χ1v) is 10.5. The summed E-state index contributed by atoms with van der Waals surface area (Å²) in [7, 11) is 0. The lowest BCUT2D eigenvalue weighted by Gasteiger charge is -2.26. The first kappa shape index (κ1) is 18.0. The lowest BCUT2D eigenvalue weighted by atomic mass is 9.83. The summed E-state index contributed by atoms with van der Waals surface area (Å²) in [6.45, 7) is 2.10. The number of fused-ring (bicyclic) bond motifs is 1. The molecule has 0 radical (unpaired) electrons. The minimum atomic E-state index is -0.416. The summed E-state index contributed by atoms with van der Waals surface area (Å²) >= 11 is 1.66. The van der Waals surface area contributed by atoms with Crippen LogP contribution in [0.5, 0.6) is 0 Å². The molecular weight excluding hydrogens is 356 g/mol. The lowest BCUT2D eigenvalue weighted by molar-refractivity contribution is -0.121. The zero-order valence-corrected chi connectivity index (χ0v) is 16.3. The Morgan fingerprint density at radius 3 is 2.74 bits per heavy atom. The summed E-state index contributed by atoms with van der Waals surface area (Å²) in [5, 5.41) is 6.21. The molecule has 0 aliphatic heterocycles. The number of carbonyl (C=O) groups is 1. The van der Waals surface area contributed by atoms with Crippen LogP contribution in [-0.2, 0) is 16.6 Å². The minimum Gasteiger partial charge on any atom is -0.325 e. The SMILES string of the molecule is CCCc1cc(=O)[nH]c2cc(NC(=O)C3(c4cccs4)CCCC3)ccc12. The van der Waals surface area contributed by atoms with Gasteiger partial charge in [-0.05, 0) is 48.4 Å². The van der Waals surface area contributed by atoms with Gasteiger partial charge in [-0.2, -0.15) is 0 Å². The van der Waals surface area contributed by atoms with E-state index in [1.807, 2.05) is 29.6 Å². The monoisotopic (exact) mass is 380 g/mol.